The van der Waals surface area contributed by atoms with Gasteiger partial charge in [-0.15, -0.1) is 0 Å². The number of nitrogens with zero attached hydrogens (tertiary/aromatic N) is 1. The van der Waals surface area contributed by atoms with Crippen LogP contribution in [-0.2, 0) is 11.2 Å². The molecule has 0 radical (unpaired) electrons. The summed E-state index contributed by atoms with van der Waals surface area (Å²) in [6, 6.07) is 8.28. The summed E-state index contributed by atoms with van der Waals surface area (Å²) in [6.07, 6.45) is 3.67. The normalized spacial score (nSPS) is 10.9. The van der Waals surface area contributed by atoms with Crippen LogP contribution in [0.4, 0.5) is 0 Å². The Bertz CT molecular complexity index is 505. The van der Waals surface area contributed by atoms with Crippen molar-refractivity contribution in [3.63, 3.8) is 0 Å². The molecule has 0 aliphatic carbocycles. The largest absolute Gasteiger partial charge is 0.441 e. The number of hydrogen-bond donors (Lipinski definition) is 1. The molecule has 2 rings (SSSR count). The molecule has 0 aliphatic rings. The summed E-state index contributed by atoms with van der Waals surface area (Å²) in [4.78, 5) is 4.33. The van der Waals surface area contributed by atoms with Crippen LogP contribution in [0.1, 0.15) is 17.9 Å². The summed E-state index contributed by atoms with van der Waals surface area (Å²) in [7, 11) is 1.71. The fourth-order valence-electron chi connectivity index (χ4n) is 1.94. The van der Waals surface area contributed by atoms with Gasteiger partial charge in [0.15, 0.2) is 11.7 Å². The van der Waals surface area contributed by atoms with Gasteiger partial charge in [-0.25, -0.2) is 4.98 Å². The highest BCUT2D eigenvalue weighted by Gasteiger charge is 2.05. The van der Waals surface area contributed by atoms with Gasteiger partial charge in [0.25, 0.3) is 0 Å². The van der Waals surface area contributed by atoms with E-state index in [1.54, 1.807) is 13.3 Å². The summed E-state index contributed by atoms with van der Waals surface area (Å²) in [6.45, 7) is 4.66. The van der Waals surface area contributed by atoms with Gasteiger partial charge >= 0.3 is 0 Å². The molecular weight excluding hydrogens is 252 g/mol. The third-order valence-corrected chi connectivity index (χ3v) is 3.12. The first kappa shape index (κ1) is 14.8. The molecule has 4 nitrogen and oxygen atoms in total. The van der Waals surface area contributed by atoms with Crippen LogP contribution in [0.3, 0.4) is 0 Å². The smallest absolute Gasteiger partial charge is 0.194 e. The van der Waals surface area contributed by atoms with Gasteiger partial charge in [0, 0.05) is 25.6 Å². The minimum Gasteiger partial charge on any atom is -0.441 e. The van der Waals surface area contributed by atoms with Crippen molar-refractivity contribution in [2.45, 2.75) is 19.8 Å². The van der Waals surface area contributed by atoms with Crippen molar-refractivity contribution in [2.24, 2.45) is 0 Å². The molecule has 0 amide bonds. The lowest BCUT2D eigenvalue weighted by atomic mass is 10.1. The van der Waals surface area contributed by atoms with Crippen molar-refractivity contribution >= 4 is 0 Å². The molecule has 4 heteroatoms. The van der Waals surface area contributed by atoms with Gasteiger partial charge in [0.05, 0.1) is 12.8 Å². The van der Waals surface area contributed by atoms with E-state index in [9.17, 15) is 0 Å². The van der Waals surface area contributed by atoms with E-state index in [-0.39, 0.29) is 0 Å². The van der Waals surface area contributed by atoms with Gasteiger partial charge in [-0.05, 0) is 19.9 Å². The zero-order valence-electron chi connectivity index (χ0n) is 12.2. The second-order valence-corrected chi connectivity index (χ2v) is 4.83. The van der Waals surface area contributed by atoms with Gasteiger partial charge in [-0.1, -0.05) is 29.8 Å². The van der Waals surface area contributed by atoms with Crippen molar-refractivity contribution < 1.29 is 9.15 Å². The summed E-state index contributed by atoms with van der Waals surface area (Å²) in [5.41, 5.74) is 2.32. The first-order valence-electron chi connectivity index (χ1n) is 7.01. The number of hydrogen-bond acceptors (Lipinski definition) is 4. The molecule has 0 spiro atoms. The van der Waals surface area contributed by atoms with Crippen LogP contribution in [0.15, 0.2) is 34.9 Å². The Kier molecular flexibility index (Phi) is 5.77. The molecule has 0 atom stereocenters. The summed E-state index contributed by atoms with van der Waals surface area (Å²) >= 11 is 0. The molecule has 20 heavy (non-hydrogen) atoms. The van der Waals surface area contributed by atoms with Gasteiger partial charge in [-0.3, -0.25) is 0 Å². The Morgan fingerprint density at radius 3 is 2.75 bits per heavy atom. The van der Waals surface area contributed by atoms with Crippen molar-refractivity contribution in [3.8, 4) is 11.3 Å². The van der Waals surface area contributed by atoms with E-state index in [1.807, 2.05) is 0 Å². The minimum atomic E-state index is 0.747. The maximum atomic E-state index is 5.77. The second-order valence-electron chi connectivity index (χ2n) is 4.83. The van der Waals surface area contributed by atoms with Crippen molar-refractivity contribution in [1.29, 1.82) is 0 Å². The molecule has 0 fully saturated rings. The van der Waals surface area contributed by atoms with E-state index in [2.05, 4.69) is 41.5 Å². The molecule has 1 heterocycles. The lowest BCUT2D eigenvalue weighted by molar-refractivity contribution is 0.199. The molecule has 0 aliphatic heterocycles. The Labute approximate surface area is 120 Å². The van der Waals surface area contributed by atoms with Gasteiger partial charge in [-0.2, -0.15) is 0 Å². The summed E-state index contributed by atoms with van der Waals surface area (Å²) < 4.78 is 10.7. The Morgan fingerprint density at radius 2 is 2.00 bits per heavy atom. The van der Waals surface area contributed by atoms with Crippen LogP contribution < -0.4 is 5.32 Å². The van der Waals surface area contributed by atoms with Gasteiger partial charge < -0.3 is 14.5 Å². The van der Waals surface area contributed by atoms with Crippen molar-refractivity contribution in [1.82, 2.24) is 10.3 Å². The molecule has 0 unspecified atom stereocenters. The molecule has 0 saturated heterocycles. The minimum absolute atomic E-state index is 0.747. The highest BCUT2D eigenvalue weighted by molar-refractivity contribution is 5.56. The van der Waals surface area contributed by atoms with Gasteiger partial charge in [0.2, 0.25) is 0 Å². The Hall–Kier alpha value is -1.65. The second kappa shape index (κ2) is 7.82. The summed E-state index contributed by atoms with van der Waals surface area (Å²) in [5, 5.41) is 3.31. The fraction of sp³-hybridized carbons (Fsp3) is 0.438. The van der Waals surface area contributed by atoms with Crippen LogP contribution >= 0.6 is 0 Å². The number of aromatic nitrogens is 1. The fourth-order valence-corrected chi connectivity index (χ4v) is 1.94. The highest BCUT2D eigenvalue weighted by Crippen LogP contribution is 2.21. The predicted octanol–water partition coefficient (Wildman–Crippen LogP) is 2.82. The van der Waals surface area contributed by atoms with E-state index in [0.29, 0.717) is 0 Å². The quantitative estimate of drug-likeness (QED) is 0.752. The number of methoxy groups -OCH3 is 1. The number of benzene rings is 1. The third-order valence-electron chi connectivity index (χ3n) is 3.12. The van der Waals surface area contributed by atoms with Crippen LogP contribution in [-0.4, -0.2) is 31.8 Å². The molecule has 0 bridgehead atoms. The van der Waals surface area contributed by atoms with E-state index in [0.717, 1.165) is 49.8 Å². The maximum absolute atomic E-state index is 5.77. The predicted molar refractivity (Wildman–Crippen MR) is 79.7 cm³/mol. The number of rotatable bonds is 8. The van der Waals surface area contributed by atoms with Crippen molar-refractivity contribution in [2.75, 3.05) is 26.8 Å². The number of aryl methyl sites for hydroxylation is 2. The standard InChI is InChI=1S/C16H22N2O2/c1-13-5-7-14(8-6-13)15-12-18-16(20-15)4-3-9-17-10-11-19-2/h5-8,12,17H,3-4,9-11H2,1-2H3. The van der Waals surface area contributed by atoms with Crippen LogP contribution in [0.25, 0.3) is 11.3 Å². The van der Waals surface area contributed by atoms with Gasteiger partial charge in [0.1, 0.15) is 0 Å². The molecule has 2 aromatic rings. The van der Waals surface area contributed by atoms with Crippen LogP contribution in [0, 0.1) is 6.92 Å². The molecule has 0 saturated carbocycles. The number of oxazole rings is 1. The molecule has 1 N–H and O–H groups in total. The summed E-state index contributed by atoms with van der Waals surface area (Å²) in [5.74, 6) is 1.64. The molecule has 1 aromatic carbocycles. The van der Waals surface area contributed by atoms with E-state index < -0.39 is 0 Å². The third kappa shape index (κ3) is 4.47. The number of ether oxygens (including phenoxy) is 1. The average molecular weight is 274 g/mol. The topological polar surface area (TPSA) is 47.3 Å². The molecular formula is C16H22N2O2. The van der Waals surface area contributed by atoms with E-state index in [1.165, 1.54) is 5.56 Å². The van der Waals surface area contributed by atoms with E-state index in [4.69, 9.17) is 9.15 Å². The Balaban J connectivity index is 1.79. The number of nitrogens with one attached hydrogen (secondary N) is 1. The maximum Gasteiger partial charge on any atom is 0.194 e. The SMILES string of the molecule is COCCNCCCc1ncc(-c2ccc(C)cc2)o1. The van der Waals surface area contributed by atoms with Crippen LogP contribution in [0.2, 0.25) is 0 Å². The van der Waals surface area contributed by atoms with Crippen molar-refractivity contribution in [3.05, 3.63) is 41.9 Å². The zero-order valence-corrected chi connectivity index (χ0v) is 12.2. The molecule has 1 aromatic heterocycles. The Morgan fingerprint density at radius 1 is 1.20 bits per heavy atom. The zero-order chi connectivity index (χ0) is 14.2. The monoisotopic (exact) mass is 274 g/mol. The van der Waals surface area contributed by atoms with E-state index >= 15 is 0 Å². The highest BCUT2D eigenvalue weighted by atomic mass is 16.5. The first-order valence-corrected chi connectivity index (χ1v) is 7.01. The first-order chi connectivity index (χ1) is 9.79. The molecule has 108 valence electrons. The lowest BCUT2D eigenvalue weighted by Gasteiger charge is -2.02. The average Bonchev–Trinajstić information content (AvgIpc) is 2.92. The van der Waals surface area contributed by atoms with Crippen LogP contribution in [0.5, 0.6) is 0 Å². The lowest BCUT2D eigenvalue weighted by Crippen LogP contribution is -2.20.